The Balaban J connectivity index is 2.42. The molecular weight excluding hydrogens is 154 g/mol. The molecule has 1 rings (SSSR count). The molecule has 0 spiro atoms. The quantitative estimate of drug-likeness (QED) is 0.674. The maximum Gasteiger partial charge on any atom is 0.323 e. The fourth-order valence-corrected chi connectivity index (χ4v) is 1.90. The minimum absolute atomic E-state index is 0.538. The molecule has 0 amide bonds. The highest BCUT2D eigenvalue weighted by Gasteiger charge is 2.32. The van der Waals surface area contributed by atoms with Crippen LogP contribution in [0.2, 0.25) is 0 Å². The molecule has 1 aliphatic rings. The van der Waals surface area contributed by atoms with E-state index in [-0.39, 0.29) is 0 Å². The van der Waals surface area contributed by atoms with Crippen LogP contribution < -0.4 is 5.73 Å². The van der Waals surface area contributed by atoms with Crippen LogP contribution in [-0.2, 0) is 4.79 Å². The summed E-state index contributed by atoms with van der Waals surface area (Å²) in [6.07, 6.45) is 5.41. The number of carboxylic acids is 1. The van der Waals surface area contributed by atoms with E-state index in [0.29, 0.717) is 12.3 Å². The number of carboxylic acid groups (broad SMARTS) is 1. The van der Waals surface area contributed by atoms with Crippen LogP contribution in [0, 0.1) is 5.92 Å². The van der Waals surface area contributed by atoms with E-state index in [0.717, 1.165) is 12.8 Å². The molecule has 1 aliphatic carbocycles. The van der Waals surface area contributed by atoms with Gasteiger partial charge in [0.05, 0.1) is 0 Å². The first kappa shape index (κ1) is 9.52. The van der Waals surface area contributed by atoms with Crippen LogP contribution in [0.25, 0.3) is 0 Å². The summed E-state index contributed by atoms with van der Waals surface area (Å²) in [5, 5.41) is 8.78. The van der Waals surface area contributed by atoms with Gasteiger partial charge in [0, 0.05) is 0 Å². The molecule has 0 aromatic carbocycles. The van der Waals surface area contributed by atoms with Crippen LogP contribution in [0.4, 0.5) is 0 Å². The third-order valence-corrected chi connectivity index (χ3v) is 2.68. The topological polar surface area (TPSA) is 63.3 Å². The third-order valence-electron chi connectivity index (χ3n) is 2.68. The van der Waals surface area contributed by atoms with Crippen LogP contribution in [0.5, 0.6) is 0 Å². The molecule has 0 saturated heterocycles. The van der Waals surface area contributed by atoms with E-state index in [4.69, 9.17) is 10.8 Å². The Labute approximate surface area is 72.9 Å². The van der Waals surface area contributed by atoms with Gasteiger partial charge in [-0.15, -0.1) is 0 Å². The third kappa shape index (κ3) is 2.21. The lowest BCUT2D eigenvalue weighted by molar-refractivity contribution is -0.143. The van der Waals surface area contributed by atoms with Gasteiger partial charge >= 0.3 is 5.97 Å². The van der Waals surface area contributed by atoms with Gasteiger partial charge in [-0.25, -0.2) is 0 Å². The number of carbonyl (C=O) groups is 1. The lowest BCUT2D eigenvalue weighted by Crippen LogP contribution is -2.46. The van der Waals surface area contributed by atoms with Crippen LogP contribution in [-0.4, -0.2) is 16.6 Å². The summed E-state index contributed by atoms with van der Waals surface area (Å²) in [6.45, 7) is 1.60. The normalized spacial score (nSPS) is 23.8. The molecule has 0 radical (unpaired) electrons. The maximum atomic E-state index is 10.7. The summed E-state index contributed by atoms with van der Waals surface area (Å²) in [4.78, 5) is 10.7. The Kier molecular flexibility index (Phi) is 2.73. The highest BCUT2D eigenvalue weighted by atomic mass is 16.4. The Morgan fingerprint density at radius 3 is 2.50 bits per heavy atom. The minimum atomic E-state index is -1.02. The second kappa shape index (κ2) is 3.44. The van der Waals surface area contributed by atoms with Crippen molar-refractivity contribution >= 4 is 5.97 Å². The zero-order valence-electron chi connectivity index (χ0n) is 7.55. The van der Waals surface area contributed by atoms with Crippen molar-refractivity contribution in [1.29, 1.82) is 0 Å². The van der Waals surface area contributed by atoms with Crippen molar-refractivity contribution in [2.45, 2.75) is 44.6 Å². The van der Waals surface area contributed by atoms with Crippen LogP contribution in [0.15, 0.2) is 0 Å². The lowest BCUT2D eigenvalue weighted by atomic mass is 9.89. The number of rotatable bonds is 3. The zero-order chi connectivity index (χ0) is 9.19. The highest BCUT2D eigenvalue weighted by molar-refractivity contribution is 5.77. The second-order valence-corrected chi connectivity index (χ2v) is 4.08. The predicted octanol–water partition coefficient (Wildman–Crippen LogP) is 1.37. The number of hydrogen-bond acceptors (Lipinski definition) is 2. The highest BCUT2D eigenvalue weighted by Crippen LogP contribution is 2.30. The standard InChI is InChI=1S/C9H17NO2/c1-9(10,8(11)12)6-7-4-2-3-5-7/h7H,2-6,10H2,1H3,(H,11,12)/t9-/m0/s1. The first-order chi connectivity index (χ1) is 5.52. The average Bonchev–Trinajstić information content (AvgIpc) is 2.38. The first-order valence-corrected chi connectivity index (χ1v) is 4.54. The Hall–Kier alpha value is -0.570. The summed E-state index contributed by atoms with van der Waals surface area (Å²) in [5.41, 5.74) is 4.62. The predicted molar refractivity (Wildman–Crippen MR) is 46.8 cm³/mol. The molecule has 0 aromatic heterocycles. The van der Waals surface area contributed by atoms with Gasteiger partial charge in [-0.1, -0.05) is 25.7 Å². The molecule has 0 aromatic rings. The van der Waals surface area contributed by atoms with Gasteiger partial charge in [0.1, 0.15) is 5.54 Å². The monoisotopic (exact) mass is 171 g/mol. The molecule has 0 heterocycles. The molecule has 1 saturated carbocycles. The van der Waals surface area contributed by atoms with Crippen molar-refractivity contribution in [3.05, 3.63) is 0 Å². The fourth-order valence-electron chi connectivity index (χ4n) is 1.90. The van der Waals surface area contributed by atoms with Gasteiger partial charge in [-0.3, -0.25) is 4.79 Å². The van der Waals surface area contributed by atoms with Crippen LogP contribution >= 0.6 is 0 Å². The maximum absolute atomic E-state index is 10.7. The molecule has 1 atom stereocenters. The van der Waals surface area contributed by atoms with Crippen LogP contribution in [0.3, 0.4) is 0 Å². The summed E-state index contributed by atoms with van der Waals surface area (Å²) < 4.78 is 0. The number of hydrogen-bond donors (Lipinski definition) is 2. The van der Waals surface area contributed by atoms with E-state index in [1.807, 2.05) is 0 Å². The van der Waals surface area contributed by atoms with Gasteiger partial charge < -0.3 is 10.8 Å². The van der Waals surface area contributed by atoms with E-state index >= 15 is 0 Å². The number of nitrogens with two attached hydrogens (primary N) is 1. The summed E-state index contributed by atoms with van der Waals surface area (Å²) >= 11 is 0. The van der Waals surface area contributed by atoms with Gasteiger partial charge in [0.15, 0.2) is 0 Å². The van der Waals surface area contributed by atoms with E-state index in [1.54, 1.807) is 6.92 Å². The SMILES string of the molecule is C[C@](N)(CC1CCCC1)C(=O)O. The average molecular weight is 171 g/mol. The van der Waals surface area contributed by atoms with E-state index in [9.17, 15) is 4.79 Å². The number of aliphatic carboxylic acids is 1. The molecule has 3 heteroatoms. The molecule has 12 heavy (non-hydrogen) atoms. The lowest BCUT2D eigenvalue weighted by Gasteiger charge is -2.22. The smallest absolute Gasteiger partial charge is 0.323 e. The zero-order valence-corrected chi connectivity index (χ0v) is 7.55. The molecule has 0 unspecified atom stereocenters. The molecule has 3 nitrogen and oxygen atoms in total. The Bertz CT molecular complexity index is 171. The van der Waals surface area contributed by atoms with Crippen molar-refractivity contribution in [1.82, 2.24) is 0 Å². The largest absolute Gasteiger partial charge is 0.480 e. The second-order valence-electron chi connectivity index (χ2n) is 4.08. The molecule has 0 bridgehead atoms. The fraction of sp³-hybridized carbons (Fsp3) is 0.889. The molecular formula is C9H17NO2. The van der Waals surface area contributed by atoms with Crippen molar-refractivity contribution in [3.63, 3.8) is 0 Å². The van der Waals surface area contributed by atoms with E-state index in [1.165, 1.54) is 12.8 Å². The molecule has 70 valence electrons. The summed E-state index contributed by atoms with van der Waals surface area (Å²) in [6, 6.07) is 0. The van der Waals surface area contributed by atoms with Crippen LogP contribution in [0.1, 0.15) is 39.0 Å². The van der Waals surface area contributed by atoms with Crippen molar-refractivity contribution in [2.75, 3.05) is 0 Å². The van der Waals surface area contributed by atoms with Gasteiger partial charge in [0.25, 0.3) is 0 Å². The molecule has 0 aliphatic heterocycles. The first-order valence-electron chi connectivity index (χ1n) is 4.54. The van der Waals surface area contributed by atoms with Gasteiger partial charge in [-0.2, -0.15) is 0 Å². The molecule has 1 fully saturated rings. The Morgan fingerprint density at radius 2 is 2.08 bits per heavy atom. The van der Waals surface area contributed by atoms with Crippen molar-refractivity contribution in [3.8, 4) is 0 Å². The van der Waals surface area contributed by atoms with Crippen molar-refractivity contribution < 1.29 is 9.90 Å². The summed E-state index contributed by atoms with van der Waals surface area (Å²) in [7, 11) is 0. The minimum Gasteiger partial charge on any atom is -0.480 e. The van der Waals surface area contributed by atoms with Gasteiger partial charge in [-0.05, 0) is 19.3 Å². The van der Waals surface area contributed by atoms with E-state index < -0.39 is 11.5 Å². The van der Waals surface area contributed by atoms with Crippen molar-refractivity contribution in [2.24, 2.45) is 11.7 Å². The van der Waals surface area contributed by atoms with E-state index in [2.05, 4.69) is 0 Å². The molecule has 3 N–H and O–H groups in total. The van der Waals surface area contributed by atoms with Gasteiger partial charge in [0.2, 0.25) is 0 Å². The summed E-state index contributed by atoms with van der Waals surface area (Å²) in [5.74, 6) is -0.342. The Morgan fingerprint density at radius 1 is 1.58 bits per heavy atom.